The highest BCUT2D eigenvalue weighted by molar-refractivity contribution is 5.69. The molecule has 0 aliphatic carbocycles. The molecule has 0 N–H and O–H groups in total. The molecule has 0 aliphatic heterocycles. The second-order valence-corrected chi connectivity index (χ2v) is 9.27. The minimum Gasteiger partial charge on any atom is -0.463 e. The van der Waals surface area contributed by atoms with Crippen molar-refractivity contribution in [3.8, 4) is 0 Å². The van der Waals surface area contributed by atoms with Crippen LogP contribution in [0.2, 0.25) is 0 Å². The van der Waals surface area contributed by atoms with Crippen LogP contribution in [0.5, 0.6) is 0 Å². The van der Waals surface area contributed by atoms with Crippen LogP contribution in [-0.4, -0.2) is 55.5 Å². The van der Waals surface area contributed by atoms with Crippen molar-refractivity contribution in [2.45, 2.75) is 137 Å². The lowest BCUT2D eigenvalue weighted by Crippen LogP contribution is -2.26. The smallest absolute Gasteiger partial charge is 0.463 e. The molecule has 0 spiro atoms. The Morgan fingerprint density at radius 1 is 0.727 bits per heavy atom. The summed E-state index contributed by atoms with van der Waals surface area (Å²) >= 11 is 0. The van der Waals surface area contributed by atoms with Crippen LogP contribution in [0.15, 0.2) is 0 Å². The van der Waals surface area contributed by atoms with E-state index in [9.17, 15) is 9.59 Å². The number of rotatable bonds is 22. The third-order valence-corrected chi connectivity index (χ3v) is 5.91. The molecule has 196 valence electrons. The van der Waals surface area contributed by atoms with Gasteiger partial charge in [0, 0.05) is 13.0 Å². The number of unbranched alkanes of at least 4 members (excludes halogenated alkanes) is 9. The Hall–Kier alpha value is -1.30. The van der Waals surface area contributed by atoms with Crippen LogP contribution in [0.3, 0.4) is 0 Å². The Balaban J connectivity index is 4.21. The first kappa shape index (κ1) is 31.7. The fourth-order valence-corrected chi connectivity index (χ4v) is 3.88. The molecular weight excluding hydrogens is 418 g/mol. The first-order valence-corrected chi connectivity index (χ1v) is 13.7. The Kier molecular flexibility index (Phi) is 21.6. The maximum absolute atomic E-state index is 12.2. The zero-order chi connectivity index (χ0) is 24.7. The lowest BCUT2D eigenvalue weighted by atomic mass is 10.0. The summed E-state index contributed by atoms with van der Waals surface area (Å²) in [6, 6.07) is 0. The molecule has 0 radical (unpaired) electrons. The third kappa shape index (κ3) is 21.0. The molecule has 0 amide bonds. The fraction of sp³-hybridized carbons (Fsp3) is 0.926. The van der Waals surface area contributed by atoms with Crippen LogP contribution in [0.4, 0.5) is 4.79 Å². The molecule has 0 aliphatic rings. The highest BCUT2D eigenvalue weighted by atomic mass is 16.7. The van der Waals surface area contributed by atoms with E-state index in [1.54, 1.807) is 0 Å². The molecule has 0 bridgehead atoms. The van der Waals surface area contributed by atoms with E-state index in [0.29, 0.717) is 13.0 Å². The highest BCUT2D eigenvalue weighted by Crippen LogP contribution is 2.16. The number of hydrogen-bond donors (Lipinski definition) is 0. The van der Waals surface area contributed by atoms with Gasteiger partial charge in [0.2, 0.25) is 0 Å². The number of ether oxygens (including phenoxy) is 3. The highest BCUT2D eigenvalue weighted by Gasteiger charge is 2.18. The lowest BCUT2D eigenvalue weighted by molar-refractivity contribution is -0.148. The van der Waals surface area contributed by atoms with Gasteiger partial charge in [-0.1, -0.05) is 78.6 Å². The van der Waals surface area contributed by atoms with Crippen molar-refractivity contribution in [3.63, 3.8) is 0 Å². The van der Waals surface area contributed by atoms with Gasteiger partial charge in [0.15, 0.2) is 0 Å². The van der Waals surface area contributed by atoms with Crippen molar-refractivity contribution in [2.75, 3.05) is 26.2 Å². The van der Waals surface area contributed by atoms with Crippen LogP contribution in [0, 0.1) is 0 Å². The number of nitrogens with zero attached hydrogens (tertiary/aromatic N) is 1. The van der Waals surface area contributed by atoms with E-state index in [1.165, 1.54) is 51.4 Å². The van der Waals surface area contributed by atoms with Gasteiger partial charge in [-0.25, -0.2) is 4.79 Å². The van der Waals surface area contributed by atoms with Gasteiger partial charge in [-0.3, -0.25) is 4.79 Å². The summed E-state index contributed by atoms with van der Waals surface area (Å²) in [7, 11) is 0. The minimum absolute atomic E-state index is 0.130. The molecule has 6 nitrogen and oxygen atoms in total. The largest absolute Gasteiger partial charge is 0.508 e. The molecule has 1 unspecified atom stereocenters. The molecule has 0 fully saturated rings. The molecule has 0 saturated carbocycles. The first-order valence-electron chi connectivity index (χ1n) is 13.7. The summed E-state index contributed by atoms with van der Waals surface area (Å²) in [5, 5.41) is 0. The van der Waals surface area contributed by atoms with Gasteiger partial charge < -0.3 is 19.1 Å². The second-order valence-electron chi connectivity index (χ2n) is 9.27. The van der Waals surface area contributed by atoms with Gasteiger partial charge in [-0.2, -0.15) is 0 Å². The molecule has 33 heavy (non-hydrogen) atoms. The van der Waals surface area contributed by atoms with E-state index in [4.69, 9.17) is 14.2 Å². The maximum atomic E-state index is 12.2. The molecule has 0 aromatic heterocycles. The standard InChI is InChI=1S/C27H53NO5/c1-6-9-10-11-12-13-14-15-16-17-19-25(20-21-26(29)32-24(4)5)33-27(30)31-23-18-22-28(7-2)8-3/h24-25H,6-23H2,1-5H3. The predicted octanol–water partition coefficient (Wildman–Crippen LogP) is 7.28. The van der Waals surface area contributed by atoms with Crippen LogP contribution in [0.1, 0.15) is 125 Å². The van der Waals surface area contributed by atoms with Crippen molar-refractivity contribution >= 4 is 12.1 Å². The van der Waals surface area contributed by atoms with E-state index in [1.807, 2.05) is 13.8 Å². The van der Waals surface area contributed by atoms with E-state index in [2.05, 4.69) is 25.7 Å². The monoisotopic (exact) mass is 471 g/mol. The molecular formula is C27H53NO5. The van der Waals surface area contributed by atoms with Crippen molar-refractivity contribution in [2.24, 2.45) is 0 Å². The summed E-state index contributed by atoms with van der Waals surface area (Å²) in [6.45, 7) is 13.4. The van der Waals surface area contributed by atoms with Crippen LogP contribution in [-0.2, 0) is 19.0 Å². The first-order chi connectivity index (χ1) is 15.9. The van der Waals surface area contributed by atoms with Crippen molar-refractivity contribution in [3.05, 3.63) is 0 Å². The topological polar surface area (TPSA) is 65.1 Å². The molecule has 0 rings (SSSR count). The Morgan fingerprint density at radius 3 is 1.85 bits per heavy atom. The number of carbonyl (C=O) groups excluding carboxylic acids is 2. The Bertz CT molecular complexity index is 465. The maximum Gasteiger partial charge on any atom is 0.508 e. The summed E-state index contributed by atoms with van der Waals surface area (Å²) in [4.78, 5) is 26.4. The molecule has 0 aromatic carbocycles. The van der Waals surface area contributed by atoms with E-state index >= 15 is 0 Å². The SMILES string of the molecule is CCCCCCCCCCCCC(CCC(=O)OC(C)C)OC(=O)OCCCN(CC)CC. The Labute approximate surface area is 204 Å². The third-order valence-electron chi connectivity index (χ3n) is 5.91. The van der Waals surface area contributed by atoms with Crippen LogP contribution >= 0.6 is 0 Å². The zero-order valence-corrected chi connectivity index (χ0v) is 22.4. The minimum atomic E-state index is -0.621. The zero-order valence-electron chi connectivity index (χ0n) is 22.4. The van der Waals surface area contributed by atoms with Crippen LogP contribution in [0.25, 0.3) is 0 Å². The average Bonchev–Trinajstić information content (AvgIpc) is 2.78. The normalized spacial score (nSPS) is 12.2. The number of hydrogen-bond acceptors (Lipinski definition) is 6. The summed E-state index contributed by atoms with van der Waals surface area (Å²) in [5.41, 5.74) is 0. The molecule has 6 heteroatoms. The van der Waals surface area contributed by atoms with Crippen molar-refractivity contribution in [1.29, 1.82) is 0 Å². The Morgan fingerprint density at radius 2 is 1.30 bits per heavy atom. The summed E-state index contributed by atoms with van der Waals surface area (Å²) in [6.07, 6.45) is 13.9. The summed E-state index contributed by atoms with van der Waals surface area (Å²) < 4.78 is 16.1. The molecule has 1 atom stereocenters. The van der Waals surface area contributed by atoms with E-state index in [0.717, 1.165) is 45.3 Å². The molecule has 0 heterocycles. The average molecular weight is 472 g/mol. The van der Waals surface area contributed by atoms with Gasteiger partial charge in [-0.15, -0.1) is 0 Å². The number of carbonyl (C=O) groups is 2. The van der Waals surface area contributed by atoms with Crippen LogP contribution < -0.4 is 0 Å². The summed E-state index contributed by atoms with van der Waals surface area (Å²) in [5.74, 6) is -0.241. The van der Waals surface area contributed by atoms with Gasteiger partial charge in [0.05, 0.1) is 12.7 Å². The number of esters is 1. The molecule has 0 saturated heterocycles. The van der Waals surface area contributed by atoms with E-state index < -0.39 is 6.16 Å². The lowest BCUT2D eigenvalue weighted by Gasteiger charge is -2.19. The van der Waals surface area contributed by atoms with Gasteiger partial charge in [0.25, 0.3) is 0 Å². The second kappa shape index (κ2) is 22.5. The van der Waals surface area contributed by atoms with Gasteiger partial charge in [-0.05, 0) is 52.6 Å². The van der Waals surface area contributed by atoms with Gasteiger partial charge >= 0.3 is 12.1 Å². The van der Waals surface area contributed by atoms with Gasteiger partial charge in [0.1, 0.15) is 6.10 Å². The predicted molar refractivity (Wildman–Crippen MR) is 136 cm³/mol. The molecule has 0 aromatic rings. The van der Waals surface area contributed by atoms with E-state index in [-0.39, 0.29) is 24.6 Å². The van der Waals surface area contributed by atoms with Crippen molar-refractivity contribution < 1.29 is 23.8 Å². The quantitative estimate of drug-likeness (QED) is 0.122. The fourth-order valence-electron chi connectivity index (χ4n) is 3.88. The van der Waals surface area contributed by atoms with Crippen molar-refractivity contribution in [1.82, 2.24) is 4.90 Å².